The molecule has 0 atom stereocenters. The average molecular weight is 468 g/mol. The lowest BCUT2D eigenvalue weighted by molar-refractivity contribution is 0.514. The molecule has 0 unspecified atom stereocenters. The molecule has 4 heterocycles. The molecule has 4 aromatic rings. The van der Waals surface area contributed by atoms with Crippen molar-refractivity contribution >= 4 is 22.2 Å². The molecule has 1 aromatic carbocycles. The molecule has 1 aliphatic rings. The molecule has 5 rings (SSSR count). The number of aromatic amines is 1. The van der Waals surface area contributed by atoms with Gasteiger partial charge in [0.1, 0.15) is 11.5 Å². The number of hydrazone groups is 1. The molecule has 8 heteroatoms. The first-order valence-corrected chi connectivity index (χ1v) is 11.3. The Balaban J connectivity index is 1.59. The molecular weight excluding hydrogens is 441 g/mol. The zero-order valence-electron chi connectivity index (χ0n) is 19.8. The topological polar surface area (TPSA) is 95.2 Å². The van der Waals surface area contributed by atoms with Gasteiger partial charge in [0, 0.05) is 59.8 Å². The molecule has 0 fully saturated rings. The molecule has 4 N–H and O–H groups in total. The molecular formula is C27H26FN7. The number of nitrogens with zero attached hydrogens (tertiary/aromatic N) is 4. The molecule has 0 radical (unpaired) electrons. The number of allylic oxidation sites excluding steroid dienone is 3. The minimum absolute atomic E-state index is 0.300. The van der Waals surface area contributed by atoms with Gasteiger partial charge in [0.05, 0.1) is 29.3 Å². The summed E-state index contributed by atoms with van der Waals surface area (Å²) in [7, 11) is 3.97. The van der Waals surface area contributed by atoms with Crippen LogP contribution in [0.15, 0.2) is 77.8 Å². The molecule has 176 valence electrons. The van der Waals surface area contributed by atoms with E-state index in [1.54, 1.807) is 18.5 Å². The Hall–Kier alpha value is -4.46. The van der Waals surface area contributed by atoms with Gasteiger partial charge in [0.25, 0.3) is 0 Å². The maximum atomic E-state index is 13.9. The summed E-state index contributed by atoms with van der Waals surface area (Å²) in [6, 6.07) is 14.3. The molecule has 0 saturated heterocycles. The maximum absolute atomic E-state index is 13.9. The van der Waals surface area contributed by atoms with Crippen molar-refractivity contribution in [1.82, 2.24) is 25.3 Å². The Bertz CT molecular complexity index is 1510. The zero-order chi connectivity index (χ0) is 24.5. The average Bonchev–Trinajstić information content (AvgIpc) is 3.30. The van der Waals surface area contributed by atoms with Gasteiger partial charge in [-0.1, -0.05) is 18.2 Å². The summed E-state index contributed by atoms with van der Waals surface area (Å²) >= 11 is 0. The van der Waals surface area contributed by atoms with E-state index >= 15 is 0 Å². The van der Waals surface area contributed by atoms with Crippen molar-refractivity contribution in [3.05, 3.63) is 101 Å². The number of rotatable bonds is 5. The monoisotopic (exact) mass is 467 g/mol. The minimum atomic E-state index is -0.300. The van der Waals surface area contributed by atoms with Gasteiger partial charge in [-0.2, -0.15) is 5.10 Å². The highest BCUT2D eigenvalue weighted by molar-refractivity contribution is 6.14. The number of fused-ring (bicyclic) bond motifs is 2. The largest absolute Gasteiger partial charge is 0.404 e. The van der Waals surface area contributed by atoms with Crippen molar-refractivity contribution in [1.29, 1.82) is 0 Å². The summed E-state index contributed by atoms with van der Waals surface area (Å²) in [6.45, 7) is 2.60. The third kappa shape index (κ3) is 4.26. The molecule has 0 saturated carbocycles. The van der Waals surface area contributed by atoms with E-state index in [9.17, 15) is 4.39 Å². The number of nitrogens with one attached hydrogen (secondary N) is 2. The third-order valence-electron chi connectivity index (χ3n) is 6.11. The maximum Gasteiger partial charge on any atom is 0.132 e. The fourth-order valence-corrected chi connectivity index (χ4v) is 4.05. The second-order valence-corrected chi connectivity index (χ2v) is 8.62. The van der Waals surface area contributed by atoms with Crippen molar-refractivity contribution in [2.75, 3.05) is 14.1 Å². The van der Waals surface area contributed by atoms with Crippen molar-refractivity contribution in [2.45, 2.75) is 13.5 Å². The first-order valence-electron chi connectivity index (χ1n) is 11.3. The van der Waals surface area contributed by atoms with Crippen LogP contribution in [0.4, 0.5) is 4.39 Å². The first kappa shape index (κ1) is 22.3. The van der Waals surface area contributed by atoms with Crippen molar-refractivity contribution in [3.63, 3.8) is 0 Å². The number of hydrogen-bond acceptors (Lipinski definition) is 6. The fourth-order valence-electron chi connectivity index (χ4n) is 4.05. The van der Waals surface area contributed by atoms with Gasteiger partial charge >= 0.3 is 0 Å². The van der Waals surface area contributed by atoms with E-state index in [-0.39, 0.29) is 5.82 Å². The Morgan fingerprint density at radius 3 is 2.74 bits per heavy atom. The lowest BCUT2D eigenvalue weighted by Gasteiger charge is -2.18. The van der Waals surface area contributed by atoms with E-state index in [2.05, 4.69) is 20.5 Å². The summed E-state index contributed by atoms with van der Waals surface area (Å²) in [4.78, 5) is 14.9. The molecule has 0 aliphatic carbocycles. The molecule has 35 heavy (non-hydrogen) atoms. The second kappa shape index (κ2) is 9.06. The summed E-state index contributed by atoms with van der Waals surface area (Å²) in [5.41, 5.74) is 17.3. The van der Waals surface area contributed by atoms with Crippen LogP contribution in [0.25, 0.3) is 27.7 Å². The number of hydrogen-bond donors (Lipinski definition) is 3. The van der Waals surface area contributed by atoms with Crippen LogP contribution in [-0.4, -0.2) is 39.7 Å². The van der Waals surface area contributed by atoms with Crippen LogP contribution in [0.5, 0.6) is 0 Å². The van der Waals surface area contributed by atoms with Crippen molar-refractivity contribution in [2.24, 2.45) is 10.8 Å². The number of nitrogens with two attached hydrogens (primary N) is 1. The normalized spacial score (nSPS) is 13.9. The first-order chi connectivity index (χ1) is 16.9. The van der Waals surface area contributed by atoms with Crippen LogP contribution in [-0.2, 0) is 6.54 Å². The van der Waals surface area contributed by atoms with Crippen LogP contribution in [0.3, 0.4) is 0 Å². The van der Waals surface area contributed by atoms with Crippen molar-refractivity contribution in [3.8, 4) is 11.3 Å². The highest BCUT2D eigenvalue weighted by Crippen LogP contribution is 2.29. The van der Waals surface area contributed by atoms with Gasteiger partial charge in [-0.15, -0.1) is 0 Å². The lowest BCUT2D eigenvalue weighted by Crippen LogP contribution is -2.23. The van der Waals surface area contributed by atoms with E-state index in [1.165, 1.54) is 12.1 Å². The highest BCUT2D eigenvalue weighted by Gasteiger charge is 2.21. The molecule has 0 spiro atoms. The lowest BCUT2D eigenvalue weighted by atomic mass is 10.0. The third-order valence-corrected chi connectivity index (χ3v) is 6.11. The van der Waals surface area contributed by atoms with Gasteiger partial charge in [-0.25, -0.2) is 9.37 Å². The number of H-pyrrole nitrogens is 1. The predicted molar refractivity (Wildman–Crippen MR) is 138 cm³/mol. The van der Waals surface area contributed by atoms with Crippen molar-refractivity contribution < 1.29 is 4.39 Å². The van der Waals surface area contributed by atoms with Crippen LogP contribution in [0.2, 0.25) is 0 Å². The zero-order valence-corrected chi connectivity index (χ0v) is 19.8. The number of aromatic nitrogens is 3. The number of pyridine rings is 2. The van der Waals surface area contributed by atoms with Gasteiger partial charge in [0.2, 0.25) is 0 Å². The predicted octanol–water partition coefficient (Wildman–Crippen LogP) is 4.38. The number of halogens is 1. The molecule has 7 nitrogen and oxygen atoms in total. The summed E-state index contributed by atoms with van der Waals surface area (Å²) in [6.07, 6.45) is 5.29. The molecule has 0 amide bonds. The van der Waals surface area contributed by atoms with Gasteiger partial charge in [-0.05, 0) is 43.3 Å². The van der Waals surface area contributed by atoms with E-state index < -0.39 is 0 Å². The van der Waals surface area contributed by atoms with E-state index in [0.717, 1.165) is 44.8 Å². The quantitative estimate of drug-likeness (QED) is 0.379. The highest BCUT2D eigenvalue weighted by atomic mass is 19.1. The molecule has 1 aliphatic heterocycles. The Kier molecular flexibility index (Phi) is 5.78. The summed E-state index contributed by atoms with van der Waals surface area (Å²) in [5.74, 6) is -0.300. The van der Waals surface area contributed by atoms with E-state index in [0.29, 0.717) is 23.5 Å². The summed E-state index contributed by atoms with van der Waals surface area (Å²) < 4.78 is 13.9. The van der Waals surface area contributed by atoms with Gasteiger partial charge in [-0.3, -0.25) is 4.98 Å². The van der Waals surface area contributed by atoms with Crippen LogP contribution < -0.4 is 11.2 Å². The second-order valence-electron chi connectivity index (χ2n) is 8.62. The Labute approximate surface area is 202 Å². The standard InChI is InChI=1S/C27H26FN7/c1-16(35(2)3)11-19(14-29)22-8-7-18-15-31-34-27(26(18)33-22)24-13-21-23(32-24)9-10-30-25(21)17-5-4-6-20(28)12-17/h4-14,31-32H,15,29H2,1-3H3/b16-11+,19-14+. The molecule has 3 aromatic heterocycles. The fraction of sp³-hybridized carbons (Fsp3) is 0.148. The van der Waals surface area contributed by atoms with Gasteiger partial charge < -0.3 is 21.0 Å². The van der Waals surface area contributed by atoms with Crippen LogP contribution in [0.1, 0.15) is 29.6 Å². The smallest absolute Gasteiger partial charge is 0.132 e. The molecule has 0 bridgehead atoms. The SMILES string of the molecule is C/C(=C\C(=C/N)c1ccc2c(n1)C(c1cc3c(-c4cccc(F)c4)nccc3[nH]1)=NNC2)N(C)C. The number of benzene rings is 1. The van der Waals surface area contributed by atoms with E-state index in [4.69, 9.17) is 10.7 Å². The minimum Gasteiger partial charge on any atom is -0.404 e. The van der Waals surface area contributed by atoms with Gasteiger partial charge in [0.15, 0.2) is 0 Å². The van der Waals surface area contributed by atoms with Crippen LogP contribution in [0, 0.1) is 5.82 Å². The Morgan fingerprint density at radius 2 is 1.97 bits per heavy atom. The Morgan fingerprint density at radius 1 is 1.11 bits per heavy atom. The summed E-state index contributed by atoms with van der Waals surface area (Å²) in [5, 5.41) is 5.47. The van der Waals surface area contributed by atoms with E-state index in [1.807, 2.05) is 62.3 Å². The van der Waals surface area contributed by atoms with Crippen LogP contribution >= 0.6 is 0 Å².